The standard InChI is InChI=1S/C13H22BN3O3/c1-12(2)13(3,4)20-14(19-12)9-10(17(5)6)15-8-16-11(9)18-7/h8H,1-7H3. The fraction of sp³-hybridized carbons (Fsp3) is 0.692. The molecule has 6 nitrogen and oxygen atoms in total. The molecule has 2 rings (SSSR count). The lowest BCUT2D eigenvalue weighted by Gasteiger charge is -2.32. The fourth-order valence-electron chi connectivity index (χ4n) is 2.06. The third-order valence-corrected chi connectivity index (χ3v) is 3.93. The Morgan fingerprint density at radius 1 is 1.10 bits per heavy atom. The minimum Gasteiger partial charge on any atom is -0.481 e. The summed E-state index contributed by atoms with van der Waals surface area (Å²) in [4.78, 5) is 10.4. The van der Waals surface area contributed by atoms with Crippen LogP contribution in [0.25, 0.3) is 0 Å². The molecule has 0 aliphatic carbocycles. The van der Waals surface area contributed by atoms with Crippen LogP contribution in [0.2, 0.25) is 0 Å². The van der Waals surface area contributed by atoms with Crippen LogP contribution < -0.4 is 15.1 Å². The maximum Gasteiger partial charge on any atom is 0.504 e. The average Bonchev–Trinajstić information content (AvgIpc) is 2.57. The summed E-state index contributed by atoms with van der Waals surface area (Å²) in [6.07, 6.45) is 1.48. The molecule has 0 saturated carbocycles. The summed E-state index contributed by atoms with van der Waals surface area (Å²) in [5.41, 5.74) is -0.108. The smallest absolute Gasteiger partial charge is 0.481 e. The maximum atomic E-state index is 6.07. The van der Waals surface area contributed by atoms with Gasteiger partial charge in [0.1, 0.15) is 12.1 Å². The molecule has 1 aromatic rings. The Morgan fingerprint density at radius 2 is 1.65 bits per heavy atom. The van der Waals surface area contributed by atoms with Crippen LogP contribution in [0.4, 0.5) is 5.82 Å². The second-order valence-corrected chi connectivity index (χ2v) is 6.10. The van der Waals surface area contributed by atoms with E-state index >= 15 is 0 Å². The number of methoxy groups -OCH3 is 1. The van der Waals surface area contributed by atoms with E-state index in [9.17, 15) is 0 Å². The van der Waals surface area contributed by atoms with Crippen molar-refractivity contribution in [2.45, 2.75) is 38.9 Å². The van der Waals surface area contributed by atoms with Crippen molar-refractivity contribution in [1.29, 1.82) is 0 Å². The average molecular weight is 279 g/mol. The Morgan fingerprint density at radius 3 is 2.10 bits per heavy atom. The van der Waals surface area contributed by atoms with E-state index in [1.54, 1.807) is 7.11 Å². The number of hydrogen-bond donors (Lipinski definition) is 0. The highest BCUT2D eigenvalue weighted by Crippen LogP contribution is 2.37. The summed E-state index contributed by atoms with van der Waals surface area (Å²) < 4.78 is 17.5. The van der Waals surface area contributed by atoms with Gasteiger partial charge in [-0.15, -0.1) is 0 Å². The summed E-state index contributed by atoms with van der Waals surface area (Å²) in [5.74, 6) is 1.21. The zero-order valence-electron chi connectivity index (χ0n) is 13.2. The van der Waals surface area contributed by atoms with Crippen LogP contribution in [0, 0.1) is 0 Å². The van der Waals surface area contributed by atoms with Crippen molar-refractivity contribution in [2.24, 2.45) is 0 Å². The van der Waals surface area contributed by atoms with Crippen LogP contribution in [0.3, 0.4) is 0 Å². The monoisotopic (exact) mass is 279 g/mol. The molecule has 0 spiro atoms. The molecule has 0 unspecified atom stereocenters. The molecule has 0 radical (unpaired) electrons. The van der Waals surface area contributed by atoms with Gasteiger partial charge in [-0.2, -0.15) is 0 Å². The van der Waals surface area contributed by atoms with E-state index in [2.05, 4.69) is 9.97 Å². The van der Waals surface area contributed by atoms with Gasteiger partial charge in [0.05, 0.1) is 23.8 Å². The number of hydrogen-bond acceptors (Lipinski definition) is 6. The SMILES string of the molecule is COc1ncnc(N(C)C)c1B1OC(C)(C)C(C)(C)O1. The van der Waals surface area contributed by atoms with Gasteiger partial charge >= 0.3 is 7.12 Å². The normalized spacial score (nSPS) is 20.1. The summed E-state index contributed by atoms with van der Waals surface area (Å²) in [7, 11) is 4.86. The first kappa shape index (κ1) is 15.1. The molecule has 7 heteroatoms. The second kappa shape index (κ2) is 4.89. The van der Waals surface area contributed by atoms with Gasteiger partial charge in [-0.25, -0.2) is 9.97 Å². The van der Waals surface area contributed by atoms with Gasteiger partial charge in [-0.1, -0.05) is 0 Å². The van der Waals surface area contributed by atoms with Gasteiger partial charge in [0.25, 0.3) is 0 Å². The number of rotatable bonds is 3. The predicted octanol–water partition coefficient (Wildman–Crippen LogP) is 0.850. The van der Waals surface area contributed by atoms with Crippen LogP contribution in [0.15, 0.2) is 6.33 Å². The highest BCUT2D eigenvalue weighted by atomic mass is 16.7. The molecule has 0 atom stereocenters. The van der Waals surface area contributed by atoms with Crippen molar-refractivity contribution in [3.63, 3.8) is 0 Å². The summed E-state index contributed by atoms with van der Waals surface area (Å²) >= 11 is 0. The predicted molar refractivity (Wildman–Crippen MR) is 78.6 cm³/mol. The Labute approximate surface area is 120 Å². The maximum absolute atomic E-state index is 6.07. The molecule has 0 bridgehead atoms. The molecule has 1 saturated heterocycles. The molecule has 1 aromatic heterocycles. The van der Waals surface area contributed by atoms with Crippen LogP contribution in [-0.4, -0.2) is 49.5 Å². The van der Waals surface area contributed by atoms with Crippen LogP contribution in [0.1, 0.15) is 27.7 Å². The summed E-state index contributed by atoms with van der Waals surface area (Å²) in [6.45, 7) is 8.05. The van der Waals surface area contributed by atoms with E-state index in [0.717, 1.165) is 11.3 Å². The minimum absolute atomic E-state index is 0.415. The van der Waals surface area contributed by atoms with Gasteiger partial charge in [0.15, 0.2) is 0 Å². The Balaban J connectivity index is 2.48. The van der Waals surface area contributed by atoms with Crippen molar-refractivity contribution in [1.82, 2.24) is 9.97 Å². The van der Waals surface area contributed by atoms with E-state index in [4.69, 9.17) is 14.0 Å². The van der Waals surface area contributed by atoms with Crippen molar-refractivity contribution >= 4 is 18.4 Å². The Kier molecular flexibility index (Phi) is 3.68. The van der Waals surface area contributed by atoms with E-state index in [1.165, 1.54) is 6.33 Å². The lowest BCUT2D eigenvalue weighted by atomic mass is 9.79. The minimum atomic E-state index is -0.548. The lowest BCUT2D eigenvalue weighted by molar-refractivity contribution is 0.00578. The van der Waals surface area contributed by atoms with Crippen molar-refractivity contribution in [3.8, 4) is 5.88 Å². The third-order valence-electron chi connectivity index (χ3n) is 3.93. The molecule has 0 N–H and O–H groups in total. The Hall–Kier alpha value is -1.34. The summed E-state index contributed by atoms with van der Waals surface area (Å²) in [5, 5.41) is 0. The van der Waals surface area contributed by atoms with Crippen molar-refractivity contribution < 1.29 is 14.0 Å². The highest BCUT2D eigenvalue weighted by Gasteiger charge is 2.53. The molecule has 110 valence electrons. The number of aromatic nitrogens is 2. The van der Waals surface area contributed by atoms with E-state index in [-0.39, 0.29) is 0 Å². The Bertz CT molecular complexity index is 490. The molecular weight excluding hydrogens is 257 g/mol. The highest BCUT2D eigenvalue weighted by molar-refractivity contribution is 6.64. The van der Waals surface area contributed by atoms with Gasteiger partial charge in [0, 0.05) is 14.1 Å². The first-order valence-electron chi connectivity index (χ1n) is 6.61. The van der Waals surface area contributed by atoms with Gasteiger partial charge < -0.3 is 18.9 Å². The van der Waals surface area contributed by atoms with Crippen molar-refractivity contribution in [3.05, 3.63) is 6.33 Å². The van der Waals surface area contributed by atoms with Crippen LogP contribution >= 0.6 is 0 Å². The lowest BCUT2D eigenvalue weighted by Crippen LogP contribution is -2.41. The molecule has 2 heterocycles. The molecule has 0 amide bonds. The molecular formula is C13H22BN3O3. The third kappa shape index (κ3) is 2.36. The summed E-state index contributed by atoms with van der Waals surface area (Å²) in [6, 6.07) is 0. The van der Waals surface area contributed by atoms with Gasteiger partial charge in [-0.3, -0.25) is 0 Å². The zero-order chi connectivity index (χ0) is 15.1. The zero-order valence-corrected chi connectivity index (χ0v) is 13.2. The number of anilines is 1. The number of nitrogens with zero attached hydrogens (tertiary/aromatic N) is 3. The quantitative estimate of drug-likeness (QED) is 0.765. The van der Waals surface area contributed by atoms with E-state index < -0.39 is 18.3 Å². The fourth-order valence-corrected chi connectivity index (χ4v) is 2.06. The van der Waals surface area contributed by atoms with Gasteiger partial charge in [0.2, 0.25) is 5.88 Å². The molecule has 1 fully saturated rings. The first-order chi connectivity index (χ1) is 9.19. The largest absolute Gasteiger partial charge is 0.504 e. The second-order valence-electron chi connectivity index (χ2n) is 6.10. The molecule has 0 aromatic carbocycles. The topological polar surface area (TPSA) is 56.7 Å². The van der Waals surface area contributed by atoms with Gasteiger partial charge in [-0.05, 0) is 27.7 Å². The molecule has 1 aliphatic rings. The van der Waals surface area contributed by atoms with Crippen molar-refractivity contribution in [2.75, 3.05) is 26.1 Å². The molecule has 20 heavy (non-hydrogen) atoms. The molecule has 1 aliphatic heterocycles. The number of ether oxygens (including phenoxy) is 1. The first-order valence-corrected chi connectivity index (χ1v) is 6.61. The van der Waals surface area contributed by atoms with Crippen LogP contribution in [0.5, 0.6) is 5.88 Å². The van der Waals surface area contributed by atoms with E-state index in [1.807, 2.05) is 46.7 Å². The van der Waals surface area contributed by atoms with E-state index in [0.29, 0.717) is 5.88 Å². The van der Waals surface area contributed by atoms with Crippen LogP contribution in [-0.2, 0) is 9.31 Å².